The second-order valence-electron chi connectivity index (χ2n) is 6.69. The lowest BCUT2D eigenvalue weighted by atomic mass is 10.0. The second kappa shape index (κ2) is 8.95. The molecule has 0 unspecified atom stereocenters. The number of hydrogen-bond donors (Lipinski definition) is 1. The molecule has 0 saturated heterocycles. The fraction of sp³-hybridized carbons (Fsp3) is 0.136. The molecule has 0 fully saturated rings. The first-order valence-electron chi connectivity index (χ1n) is 9.05. The van der Waals surface area contributed by atoms with Crippen molar-refractivity contribution in [1.29, 1.82) is 0 Å². The van der Waals surface area contributed by atoms with E-state index >= 15 is 0 Å². The highest BCUT2D eigenvalue weighted by Crippen LogP contribution is 2.25. The molecule has 9 heteroatoms. The van der Waals surface area contributed by atoms with Crippen LogP contribution in [0.3, 0.4) is 0 Å². The van der Waals surface area contributed by atoms with Crippen LogP contribution in [0.4, 0.5) is 17.6 Å². The van der Waals surface area contributed by atoms with E-state index in [9.17, 15) is 17.6 Å². The Morgan fingerprint density at radius 2 is 1.74 bits per heavy atom. The number of fused-ring (bicyclic) bond motifs is 1. The van der Waals surface area contributed by atoms with Crippen molar-refractivity contribution < 1.29 is 27.5 Å². The Hall–Kier alpha value is -3.75. The average Bonchev–Trinajstić information content (AvgIpc) is 3.12. The Kier molecular flexibility index (Phi) is 6.33. The topological polar surface area (TPSA) is 68.0 Å². The van der Waals surface area contributed by atoms with Crippen LogP contribution in [0.2, 0.25) is 0 Å². The van der Waals surface area contributed by atoms with E-state index in [0.29, 0.717) is 5.56 Å². The number of carboxylic acid groups (broad SMARTS) is 1. The number of rotatable bonds is 3. The van der Waals surface area contributed by atoms with Crippen molar-refractivity contribution in [1.82, 2.24) is 14.5 Å². The highest BCUT2D eigenvalue weighted by atomic mass is 19.4. The highest BCUT2D eigenvalue weighted by Gasteiger charge is 2.38. The number of pyridine rings is 2. The molecule has 0 amide bonds. The number of hydrogen-bond acceptors (Lipinski definition) is 3. The van der Waals surface area contributed by atoms with Crippen molar-refractivity contribution in [3.63, 3.8) is 0 Å². The van der Waals surface area contributed by atoms with Gasteiger partial charge in [0.25, 0.3) is 0 Å². The average molecular weight is 431 g/mol. The van der Waals surface area contributed by atoms with E-state index in [2.05, 4.69) is 20.6 Å². The van der Waals surface area contributed by atoms with Gasteiger partial charge in [0.1, 0.15) is 5.82 Å². The largest absolute Gasteiger partial charge is 0.490 e. The van der Waals surface area contributed by atoms with Gasteiger partial charge in [0, 0.05) is 36.9 Å². The van der Waals surface area contributed by atoms with Crippen molar-refractivity contribution in [3.05, 3.63) is 84.2 Å². The second-order valence-corrected chi connectivity index (χ2v) is 6.69. The quantitative estimate of drug-likeness (QED) is 0.451. The Morgan fingerprint density at radius 3 is 2.35 bits per heavy atom. The number of nitrogens with zero attached hydrogens (tertiary/aromatic N) is 3. The molecule has 4 rings (SSSR count). The van der Waals surface area contributed by atoms with Crippen LogP contribution in [0.5, 0.6) is 0 Å². The number of alkyl halides is 3. The molecule has 0 bridgehead atoms. The number of carbonyl (C=O) groups is 1. The normalized spacial score (nSPS) is 11.1. The number of benzene rings is 1. The molecule has 4 aromatic rings. The fourth-order valence-electron chi connectivity index (χ4n) is 2.87. The molecular weight excluding hydrogens is 414 g/mol. The predicted octanol–water partition coefficient (Wildman–Crippen LogP) is 5.23. The van der Waals surface area contributed by atoms with E-state index in [1.54, 1.807) is 25.4 Å². The standard InChI is InChI=1S/C20H16FN3.C2HF3O2/c1-14-10-16(2-3-18(14)21)17-11-20-19(23-12-17)6-9-24(20)13-15-4-7-22-8-5-15;3-2(4,5)1(6)7/h2-12H,13H2,1H3;(H,6,7). The minimum absolute atomic E-state index is 0.186. The molecule has 31 heavy (non-hydrogen) atoms. The predicted molar refractivity (Wildman–Crippen MR) is 107 cm³/mol. The summed E-state index contributed by atoms with van der Waals surface area (Å²) in [4.78, 5) is 17.5. The van der Waals surface area contributed by atoms with Gasteiger partial charge in [-0.15, -0.1) is 0 Å². The summed E-state index contributed by atoms with van der Waals surface area (Å²) in [6, 6.07) is 13.3. The lowest BCUT2D eigenvalue weighted by molar-refractivity contribution is -0.192. The minimum Gasteiger partial charge on any atom is -0.475 e. The third-order valence-electron chi connectivity index (χ3n) is 4.46. The SMILES string of the molecule is Cc1cc(-c2cnc3ccn(Cc4ccncc4)c3c2)ccc1F.O=C(O)C(F)(F)F. The summed E-state index contributed by atoms with van der Waals surface area (Å²) >= 11 is 0. The fourth-order valence-corrected chi connectivity index (χ4v) is 2.87. The summed E-state index contributed by atoms with van der Waals surface area (Å²) in [5, 5.41) is 7.12. The van der Waals surface area contributed by atoms with E-state index in [0.717, 1.165) is 28.7 Å². The van der Waals surface area contributed by atoms with Crippen molar-refractivity contribution >= 4 is 17.0 Å². The van der Waals surface area contributed by atoms with E-state index in [1.807, 2.05) is 36.7 Å². The van der Waals surface area contributed by atoms with Gasteiger partial charge in [-0.2, -0.15) is 13.2 Å². The minimum atomic E-state index is -5.08. The van der Waals surface area contributed by atoms with Gasteiger partial charge in [-0.1, -0.05) is 6.07 Å². The Balaban J connectivity index is 0.000000339. The molecule has 1 aromatic carbocycles. The van der Waals surface area contributed by atoms with Crippen LogP contribution in [0.15, 0.2) is 67.3 Å². The van der Waals surface area contributed by atoms with Gasteiger partial charge in [-0.25, -0.2) is 9.18 Å². The number of aryl methyl sites for hydroxylation is 1. The first-order chi connectivity index (χ1) is 14.6. The van der Waals surface area contributed by atoms with Gasteiger partial charge in [-0.05, 0) is 60.0 Å². The molecule has 0 aliphatic rings. The summed E-state index contributed by atoms with van der Waals surface area (Å²) in [5.74, 6) is -2.94. The van der Waals surface area contributed by atoms with E-state index in [1.165, 1.54) is 11.6 Å². The van der Waals surface area contributed by atoms with Crippen LogP contribution in [0.1, 0.15) is 11.1 Å². The number of aliphatic carboxylic acids is 1. The molecule has 0 aliphatic carbocycles. The van der Waals surface area contributed by atoms with Gasteiger partial charge in [0.2, 0.25) is 0 Å². The molecule has 3 aromatic heterocycles. The number of aromatic nitrogens is 3. The van der Waals surface area contributed by atoms with Gasteiger partial charge < -0.3 is 9.67 Å². The number of carboxylic acids is 1. The molecule has 0 saturated carbocycles. The van der Waals surface area contributed by atoms with Gasteiger partial charge in [-0.3, -0.25) is 9.97 Å². The molecule has 1 N–H and O–H groups in total. The monoisotopic (exact) mass is 431 g/mol. The van der Waals surface area contributed by atoms with Gasteiger partial charge >= 0.3 is 12.1 Å². The first kappa shape index (κ1) is 21.9. The van der Waals surface area contributed by atoms with Gasteiger partial charge in [0.15, 0.2) is 0 Å². The Bertz CT molecular complexity index is 1200. The maximum atomic E-state index is 13.5. The van der Waals surface area contributed by atoms with Crippen molar-refractivity contribution in [2.24, 2.45) is 0 Å². The van der Waals surface area contributed by atoms with Crippen molar-refractivity contribution in [2.75, 3.05) is 0 Å². The molecular formula is C22H17F4N3O2. The number of halogens is 4. The summed E-state index contributed by atoms with van der Waals surface area (Å²) in [6.07, 6.45) is 2.39. The van der Waals surface area contributed by atoms with Crippen LogP contribution >= 0.6 is 0 Å². The maximum Gasteiger partial charge on any atom is 0.490 e. The molecule has 0 radical (unpaired) electrons. The maximum absolute atomic E-state index is 13.5. The van der Waals surface area contributed by atoms with Crippen LogP contribution < -0.4 is 0 Å². The third kappa shape index (κ3) is 5.44. The third-order valence-corrected chi connectivity index (χ3v) is 4.46. The zero-order chi connectivity index (χ0) is 22.6. The molecule has 0 spiro atoms. The first-order valence-corrected chi connectivity index (χ1v) is 9.05. The van der Waals surface area contributed by atoms with E-state index in [4.69, 9.17) is 9.90 Å². The lowest BCUT2D eigenvalue weighted by Crippen LogP contribution is -2.21. The smallest absolute Gasteiger partial charge is 0.475 e. The molecule has 3 heterocycles. The highest BCUT2D eigenvalue weighted by molar-refractivity contribution is 5.81. The summed E-state index contributed by atoms with van der Waals surface area (Å²) in [6.45, 7) is 2.54. The van der Waals surface area contributed by atoms with E-state index < -0.39 is 12.1 Å². The van der Waals surface area contributed by atoms with Crippen molar-refractivity contribution in [2.45, 2.75) is 19.6 Å². The molecule has 160 valence electrons. The zero-order valence-corrected chi connectivity index (χ0v) is 16.3. The van der Waals surface area contributed by atoms with Crippen LogP contribution in [-0.4, -0.2) is 31.8 Å². The molecule has 0 aliphatic heterocycles. The molecule has 5 nitrogen and oxygen atoms in total. The van der Waals surface area contributed by atoms with Gasteiger partial charge in [0.05, 0.1) is 11.0 Å². The van der Waals surface area contributed by atoms with Crippen molar-refractivity contribution in [3.8, 4) is 11.1 Å². The van der Waals surface area contributed by atoms with E-state index in [-0.39, 0.29) is 5.82 Å². The Morgan fingerprint density at radius 1 is 1.06 bits per heavy atom. The van der Waals surface area contributed by atoms with Crippen LogP contribution in [-0.2, 0) is 11.3 Å². The summed E-state index contributed by atoms with van der Waals surface area (Å²) in [7, 11) is 0. The Labute approximate surface area is 174 Å². The summed E-state index contributed by atoms with van der Waals surface area (Å²) < 4.78 is 47.4. The van der Waals surface area contributed by atoms with Crippen LogP contribution in [0.25, 0.3) is 22.2 Å². The lowest BCUT2D eigenvalue weighted by Gasteiger charge is -2.08. The molecule has 0 atom stereocenters. The van der Waals surface area contributed by atoms with Crippen LogP contribution in [0, 0.1) is 12.7 Å². The zero-order valence-electron chi connectivity index (χ0n) is 16.3. The summed E-state index contributed by atoms with van der Waals surface area (Å²) in [5.41, 5.74) is 5.79.